The lowest BCUT2D eigenvalue weighted by molar-refractivity contribution is 0.0708. The Hall–Kier alpha value is -1.82. The van der Waals surface area contributed by atoms with E-state index in [1.165, 1.54) is 0 Å². The fraction of sp³-hybridized carbons (Fsp3) is 0.500. The van der Waals surface area contributed by atoms with E-state index in [9.17, 15) is 4.79 Å². The van der Waals surface area contributed by atoms with Gasteiger partial charge in [-0.3, -0.25) is 9.48 Å². The lowest BCUT2D eigenvalue weighted by Crippen LogP contribution is -2.31. The molecule has 21 heavy (non-hydrogen) atoms. The number of likely N-dealkylation sites (tertiary alicyclic amines) is 1. The van der Waals surface area contributed by atoms with Crippen LogP contribution in [0.25, 0.3) is 0 Å². The van der Waals surface area contributed by atoms with E-state index < -0.39 is 0 Å². The molecule has 112 valence electrons. The average Bonchev–Trinajstić information content (AvgIpc) is 3.15. The zero-order chi connectivity index (χ0) is 15.0. The summed E-state index contributed by atoms with van der Waals surface area (Å²) in [7, 11) is 1.74. The van der Waals surface area contributed by atoms with Gasteiger partial charge in [0.1, 0.15) is 0 Å². The number of rotatable bonds is 3. The number of carbonyl (C=O) groups excluding carboxylic acids is 1. The van der Waals surface area contributed by atoms with Crippen molar-refractivity contribution in [2.75, 3.05) is 6.54 Å². The van der Waals surface area contributed by atoms with Gasteiger partial charge in [-0.15, -0.1) is 0 Å². The van der Waals surface area contributed by atoms with Crippen molar-refractivity contribution in [3.8, 4) is 0 Å². The van der Waals surface area contributed by atoms with E-state index in [0.717, 1.165) is 30.7 Å². The van der Waals surface area contributed by atoms with Gasteiger partial charge >= 0.3 is 0 Å². The zero-order valence-electron chi connectivity index (χ0n) is 12.0. The maximum Gasteiger partial charge on any atom is 0.276 e. The number of nitrogens with zero attached hydrogens (tertiary/aromatic N) is 4. The summed E-state index contributed by atoms with van der Waals surface area (Å²) in [6.45, 7) is 2.70. The third-order valence-electron chi connectivity index (χ3n) is 3.77. The second-order valence-corrected chi connectivity index (χ2v) is 5.64. The van der Waals surface area contributed by atoms with Crippen molar-refractivity contribution in [2.24, 2.45) is 7.05 Å². The molecule has 1 atom stereocenters. The van der Waals surface area contributed by atoms with Crippen LogP contribution in [0, 0.1) is 0 Å². The monoisotopic (exact) mass is 308 g/mol. The van der Waals surface area contributed by atoms with Gasteiger partial charge in [0.2, 0.25) is 0 Å². The minimum Gasteiger partial charge on any atom is -0.359 e. The first-order valence-corrected chi connectivity index (χ1v) is 7.43. The first kappa shape index (κ1) is 14.1. The summed E-state index contributed by atoms with van der Waals surface area (Å²) in [4.78, 5) is 14.4. The van der Waals surface area contributed by atoms with Gasteiger partial charge in [0.15, 0.2) is 11.5 Å². The van der Waals surface area contributed by atoms with E-state index in [-0.39, 0.29) is 11.9 Å². The molecule has 7 heteroatoms. The maximum absolute atomic E-state index is 12.6. The number of amides is 1. The van der Waals surface area contributed by atoms with Crippen molar-refractivity contribution in [3.63, 3.8) is 0 Å². The summed E-state index contributed by atoms with van der Waals surface area (Å²) in [6, 6.07) is 1.85. The van der Waals surface area contributed by atoms with Gasteiger partial charge in [0.25, 0.3) is 5.91 Å². The Kier molecular flexibility index (Phi) is 3.71. The first-order chi connectivity index (χ1) is 10.1. The van der Waals surface area contributed by atoms with E-state index in [1.807, 2.05) is 13.0 Å². The topological polar surface area (TPSA) is 64.2 Å². The predicted octanol–water partition coefficient (Wildman–Crippen LogP) is 2.60. The SMILES string of the molecule is CCc1cc([C@@H]2CCCN2C(=O)c2nn(C)cc2Cl)on1. The first-order valence-electron chi connectivity index (χ1n) is 7.05. The van der Waals surface area contributed by atoms with E-state index in [4.69, 9.17) is 16.1 Å². The second-order valence-electron chi connectivity index (χ2n) is 5.23. The molecule has 3 heterocycles. The molecular weight excluding hydrogens is 292 g/mol. The Balaban J connectivity index is 1.86. The highest BCUT2D eigenvalue weighted by atomic mass is 35.5. The van der Waals surface area contributed by atoms with Crippen LogP contribution in [0.2, 0.25) is 5.02 Å². The van der Waals surface area contributed by atoms with Crippen LogP contribution in [0.15, 0.2) is 16.8 Å². The zero-order valence-corrected chi connectivity index (χ0v) is 12.8. The minimum absolute atomic E-state index is 0.0802. The van der Waals surface area contributed by atoms with Crippen molar-refractivity contribution in [3.05, 3.63) is 34.4 Å². The summed E-state index contributed by atoms with van der Waals surface area (Å²) in [5.41, 5.74) is 1.20. The molecule has 2 aromatic heterocycles. The van der Waals surface area contributed by atoms with Gasteiger partial charge in [0.05, 0.1) is 16.8 Å². The highest BCUT2D eigenvalue weighted by molar-refractivity contribution is 6.33. The molecule has 1 aliphatic heterocycles. The van der Waals surface area contributed by atoms with Crippen LogP contribution in [0.1, 0.15) is 47.7 Å². The molecule has 1 aliphatic rings. The number of hydrogen-bond donors (Lipinski definition) is 0. The maximum atomic E-state index is 12.6. The molecule has 0 aliphatic carbocycles. The second kappa shape index (κ2) is 5.52. The smallest absolute Gasteiger partial charge is 0.276 e. The Labute approximate surface area is 127 Å². The standard InChI is InChI=1S/C14H17ClN4O2/c1-3-9-7-12(21-17-9)11-5-4-6-19(11)14(20)13-10(15)8-18(2)16-13/h7-8,11H,3-6H2,1-2H3/t11-/m0/s1. The molecule has 1 fully saturated rings. The van der Waals surface area contributed by atoms with Crippen molar-refractivity contribution in [2.45, 2.75) is 32.2 Å². The largest absolute Gasteiger partial charge is 0.359 e. The molecule has 0 aromatic carbocycles. The third kappa shape index (κ3) is 2.55. The van der Waals surface area contributed by atoms with Crippen molar-refractivity contribution in [1.29, 1.82) is 0 Å². The number of aryl methyl sites for hydroxylation is 2. The lowest BCUT2D eigenvalue weighted by atomic mass is 10.1. The average molecular weight is 309 g/mol. The minimum atomic E-state index is -0.155. The summed E-state index contributed by atoms with van der Waals surface area (Å²) in [5.74, 6) is 0.585. The van der Waals surface area contributed by atoms with Gasteiger partial charge in [0, 0.05) is 25.9 Å². The fourth-order valence-corrected chi connectivity index (χ4v) is 2.96. The Morgan fingerprint density at radius 1 is 1.57 bits per heavy atom. The quantitative estimate of drug-likeness (QED) is 0.874. The number of aromatic nitrogens is 3. The van der Waals surface area contributed by atoms with Gasteiger partial charge < -0.3 is 9.42 Å². The number of hydrogen-bond acceptors (Lipinski definition) is 4. The molecule has 0 radical (unpaired) electrons. The normalized spacial score (nSPS) is 18.4. The number of carbonyl (C=O) groups is 1. The van der Waals surface area contributed by atoms with Crippen LogP contribution in [-0.2, 0) is 13.5 Å². The van der Waals surface area contributed by atoms with Gasteiger partial charge in [-0.05, 0) is 19.3 Å². The van der Waals surface area contributed by atoms with Crippen LogP contribution in [0.3, 0.4) is 0 Å². The van der Waals surface area contributed by atoms with Crippen molar-refractivity contribution < 1.29 is 9.32 Å². The van der Waals surface area contributed by atoms with Gasteiger partial charge in [-0.2, -0.15) is 5.10 Å². The van der Waals surface area contributed by atoms with Crippen molar-refractivity contribution in [1.82, 2.24) is 19.8 Å². The summed E-state index contributed by atoms with van der Waals surface area (Å²) in [6.07, 6.45) is 4.25. The summed E-state index contributed by atoms with van der Waals surface area (Å²) < 4.78 is 6.93. The van der Waals surface area contributed by atoms with Crippen LogP contribution >= 0.6 is 11.6 Å². The highest BCUT2D eigenvalue weighted by Gasteiger charge is 2.35. The Morgan fingerprint density at radius 3 is 3.00 bits per heavy atom. The van der Waals surface area contributed by atoms with E-state index in [1.54, 1.807) is 22.8 Å². The van der Waals surface area contributed by atoms with Gasteiger partial charge in [-0.25, -0.2) is 0 Å². The molecule has 6 nitrogen and oxygen atoms in total. The number of halogens is 1. The van der Waals surface area contributed by atoms with Gasteiger partial charge in [-0.1, -0.05) is 23.7 Å². The fourth-order valence-electron chi connectivity index (χ4n) is 2.70. The molecular formula is C14H17ClN4O2. The molecule has 0 unspecified atom stereocenters. The van der Waals surface area contributed by atoms with Crippen LogP contribution in [0.5, 0.6) is 0 Å². The molecule has 1 saturated heterocycles. The molecule has 1 amide bonds. The van der Waals surface area contributed by atoms with Crippen LogP contribution < -0.4 is 0 Å². The van der Waals surface area contributed by atoms with E-state index in [2.05, 4.69) is 10.3 Å². The van der Waals surface area contributed by atoms with E-state index in [0.29, 0.717) is 17.3 Å². The molecule has 0 N–H and O–H groups in total. The molecule has 0 saturated carbocycles. The van der Waals surface area contributed by atoms with E-state index >= 15 is 0 Å². The van der Waals surface area contributed by atoms with Crippen LogP contribution in [-0.4, -0.2) is 32.3 Å². The molecule has 2 aromatic rings. The third-order valence-corrected chi connectivity index (χ3v) is 4.04. The summed E-state index contributed by atoms with van der Waals surface area (Å²) >= 11 is 6.07. The van der Waals surface area contributed by atoms with Crippen molar-refractivity contribution >= 4 is 17.5 Å². The molecule has 3 rings (SSSR count). The molecule has 0 spiro atoms. The molecule has 0 bridgehead atoms. The summed E-state index contributed by atoms with van der Waals surface area (Å²) in [5, 5.41) is 8.54. The van der Waals surface area contributed by atoms with Crippen LogP contribution in [0.4, 0.5) is 0 Å². The Bertz CT molecular complexity index is 664. The highest BCUT2D eigenvalue weighted by Crippen LogP contribution is 2.34. The predicted molar refractivity (Wildman–Crippen MR) is 77.1 cm³/mol. The lowest BCUT2D eigenvalue weighted by Gasteiger charge is -2.21. The Morgan fingerprint density at radius 2 is 2.38 bits per heavy atom.